The van der Waals surface area contributed by atoms with Crippen molar-refractivity contribution in [2.45, 2.75) is 25.7 Å². The lowest BCUT2D eigenvalue weighted by molar-refractivity contribution is 0.414. The molecule has 0 atom stereocenters. The third-order valence-corrected chi connectivity index (χ3v) is 5.82. The molecule has 3 aromatic rings. The van der Waals surface area contributed by atoms with Crippen molar-refractivity contribution in [1.82, 2.24) is 10.2 Å². The number of nitrogens with one attached hydrogen (secondary N) is 2. The maximum Gasteiger partial charge on any atom is 0.263 e. The molecular formula is C20H22N4O3S. The topological polar surface area (TPSA) is 93.2 Å². The van der Waals surface area contributed by atoms with Gasteiger partial charge in [0.05, 0.1) is 12.0 Å². The first-order valence-corrected chi connectivity index (χ1v) is 10.1. The van der Waals surface area contributed by atoms with E-state index < -0.39 is 10.0 Å². The number of aromatic nitrogens is 2. The van der Waals surface area contributed by atoms with Crippen molar-refractivity contribution in [3.8, 4) is 5.75 Å². The second kappa shape index (κ2) is 7.85. The molecule has 0 saturated heterocycles. The Kier molecular flexibility index (Phi) is 5.51. The molecule has 1 heterocycles. The molecule has 0 unspecified atom stereocenters. The fourth-order valence-electron chi connectivity index (χ4n) is 2.84. The number of hydrogen-bond acceptors (Lipinski definition) is 6. The summed E-state index contributed by atoms with van der Waals surface area (Å²) in [6.07, 6.45) is 0. The van der Waals surface area contributed by atoms with Gasteiger partial charge in [0.2, 0.25) is 0 Å². The van der Waals surface area contributed by atoms with Crippen LogP contribution in [-0.2, 0) is 10.0 Å². The van der Waals surface area contributed by atoms with Crippen LogP contribution in [0.1, 0.15) is 16.7 Å². The van der Waals surface area contributed by atoms with Gasteiger partial charge in [-0.25, -0.2) is 8.42 Å². The van der Waals surface area contributed by atoms with Crippen LogP contribution in [0.15, 0.2) is 53.4 Å². The van der Waals surface area contributed by atoms with Gasteiger partial charge < -0.3 is 10.1 Å². The molecule has 0 radical (unpaired) electrons. The van der Waals surface area contributed by atoms with Crippen molar-refractivity contribution in [2.75, 3.05) is 17.1 Å². The van der Waals surface area contributed by atoms with Gasteiger partial charge in [-0.15, -0.1) is 10.2 Å². The Bertz CT molecular complexity index is 1080. The van der Waals surface area contributed by atoms with Crippen molar-refractivity contribution >= 4 is 27.3 Å². The molecule has 0 saturated carbocycles. The fraction of sp³-hybridized carbons (Fsp3) is 0.200. The minimum absolute atomic E-state index is 0.141. The van der Waals surface area contributed by atoms with Crippen molar-refractivity contribution in [3.05, 3.63) is 65.2 Å². The van der Waals surface area contributed by atoms with Crippen LogP contribution in [0.2, 0.25) is 0 Å². The Morgan fingerprint density at radius 2 is 1.50 bits per heavy atom. The first-order valence-electron chi connectivity index (χ1n) is 8.64. The number of ether oxygens (including phenoxy) is 1. The smallest absolute Gasteiger partial charge is 0.263 e. The third-order valence-electron chi connectivity index (χ3n) is 4.31. The summed E-state index contributed by atoms with van der Waals surface area (Å²) in [6.45, 7) is 5.71. The number of hydrogen-bond donors (Lipinski definition) is 2. The highest BCUT2D eigenvalue weighted by Crippen LogP contribution is 2.25. The number of anilines is 3. The van der Waals surface area contributed by atoms with Gasteiger partial charge in [-0.2, -0.15) is 0 Å². The van der Waals surface area contributed by atoms with E-state index in [0.29, 0.717) is 17.1 Å². The molecule has 0 aliphatic carbocycles. The lowest BCUT2D eigenvalue weighted by Crippen LogP contribution is -2.15. The lowest BCUT2D eigenvalue weighted by atomic mass is 10.1. The van der Waals surface area contributed by atoms with E-state index >= 15 is 0 Å². The first-order chi connectivity index (χ1) is 13.3. The second-order valence-electron chi connectivity index (χ2n) is 6.43. The molecule has 0 bridgehead atoms. The van der Waals surface area contributed by atoms with Crippen LogP contribution in [-0.4, -0.2) is 25.7 Å². The van der Waals surface area contributed by atoms with Gasteiger partial charge in [0, 0.05) is 5.69 Å². The summed E-state index contributed by atoms with van der Waals surface area (Å²) in [7, 11) is -2.25. The molecule has 146 valence electrons. The molecule has 0 fully saturated rings. The SMILES string of the molecule is COc1ccc(S(=O)(=O)Nc2ccc(Nc3c(C)cccc3C)nn2)c(C)c1. The van der Waals surface area contributed by atoms with Crippen molar-refractivity contribution in [3.63, 3.8) is 0 Å². The largest absolute Gasteiger partial charge is 0.497 e. The van der Waals surface area contributed by atoms with Gasteiger partial charge in [0.1, 0.15) is 5.75 Å². The van der Waals surface area contributed by atoms with Crippen LogP contribution in [0.4, 0.5) is 17.3 Å². The van der Waals surface area contributed by atoms with Crippen LogP contribution in [0.3, 0.4) is 0 Å². The Labute approximate surface area is 164 Å². The van der Waals surface area contributed by atoms with E-state index in [0.717, 1.165) is 16.8 Å². The normalized spacial score (nSPS) is 11.1. The van der Waals surface area contributed by atoms with E-state index in [1.165, 1.54) is 13.2 Å². The molecule has 2 aromatic carbocycles. The summed E-state index contributed by atoms with van der Waals surface area (Å²) in [5, 5.41) is 11.3. The van der Waals surface area contributed by atoms with E-state index in [4.69, 9.17) is 4.74 Å². The summed E-state index contributed by atoms with van der Waals surface area (Å²) in [6, 6.07) is 14.0. The molecule has 8 heteroatoms. The fourth-order valence-corrected chi connectivity index (χ4v) is 4.06. The average molecular weight is 398 g/mol. The minimum atomic E-state index is -3.78. The number of para-hydroxylation sites is 1. The number of methoxy groups -OCH3 is 1. The van der Waals surface area contributed by atoms with Gasteiger partial charge >= 0.3 is 0 Å². The monoisotopic (exact) mass is 398 g/mol. The molecule has 28 heavy (non-hydrogen) atoms. The molecule has 7 nitrogen and oxygen atoms in total. The molecule has 0 aliphatic rings. The summed E-state index contributed by atoms with van der Waals surface area (Å²) < 4.78 is 32.9. The Balaban J connectivity index is 1.78. The predicted octanol–water partition coefficient (Wildman–Crippen LogP) is 3.95. The Hall–Kier alpha value is -3.13. The summed E-state index contributed by atoms with van der Waals surface area (Å²) in [4.78, 5) is 0.160. The van der Waals surface area contributed by atoms with E-state index in [2.05, 4.69) is 20.2 Å². The van der Waals surface area contributed by atoms with Crippen LogP contribution in [0.25, 0.3) is 0 Å². The minimum Gasteiger partial charge on any atom is -0.497 e. The van der Waals surface area contributed by atoms with Gasteiger partial charge in [0.25, 0.3) is 10.0 Å². The van der Waals surface area contributed by atoms with Crippen molar-refractivity contribution < 1.29 is 13.2 Å². The number of nitrogens with zero attached hydrogens (tertiary/aromatic N) is 2. The number of benzene rings is 2. The average Bonchev–Trinajstić information content (AvgIpc) is 2.65. The molecule has 0 spiro atoms. The predicted molar refractivity (Wildman–Crippen MR) is 110 cm³/mol. The third kappa shape index (κ3) is 4.23. The molecule has 1 aromatic heterocycles. The van der Waals surface area contributed by atoms with Crippen molar-refractivity contribution in [2.24, 2.45) is 0 Å². The Morgan fingerprint density at radius 1 is 0.857 bits per heavy atom. The molecule has 0 amide bonds. The lowest BCUT2D eigenvalue weighted by Gasteiger charge is -2.13. The standard InChI is InChI=1S/C20H22N4O3S/c1-13-6-5-7-14(2)20(13)21-18-10-11-19(23-22-18)24-28(25,26)17-9-8-16(27-4)12-15(17)3/h5-12H,1-4H3,(H,21,22)(H,23,24). The highest BCUT2D eigenvalue weighted by molar-refractivity contribution is 7.92. The van der Waals surface area contributed by atoms with E-state index in [1.54, 1.807) is 31.2 Å². The van der Waals surface area contributed by atoms with E-state index in [1.807, 2.05) is 32.0 Å². The number of rotatable bonds is 6. The van der Waals surface area contributed by atoms with Crippen LogP contribution >= 0.6 is 0 Å². The maximum atomic E-state index is 12.7. The van der Waals surface area contributed by atoms with Gasteiger partial charge in [-0.05, 0) is 67.8 Å². The van der Waals surface area contributed by atoms with E-state index in [-0.39, 0.29) is 10.7 Å². The first kappa shape index (κ1) is 19.6. The maximum absolute atomic E-state index is 12.7. The van der Waals surface area contributed by atoms with Gasteiger partial charge in [-0.1, -0.05) is 18.2 Å². The van der Waals surface area contributed by atoms with Crippen LogP contribution in [0.5, 0.6) is 5.75 Å². The Morgan fingerprint density at radius 3 is 2.07 bits per heavy atom. The highest BCUT2D eigenvalue weighted by Gasteiger charge is 2.18. The van der Waals surface area contributed by atoms with Crippen LogP contribution in [0, 0.1) is 20.8 Å². The number of sulfonamides is 1. The molecular weight excluding hydrogens is 376 g/mol. The van der Waals surface area contributed by atoms with Gasteiger partial charge in [0.15, 0.2) is 11.6 Å². The number of aryl methyl sites for hydroxylation is 3. The summed E-state index contributed by atoms with van der Waals surface area (Å²) in [5.74, 6) is 1.27. The van der Waals surface area contributed by atoms with Crippen LogP contribution < -0.4 is 14.8 Å². The van der Waals surface area contributed by atoms with E-state index in [9.17, 15) is 8.42 Å². The zero-order valence-corrected chi connectivity index (χ0v) is 17.0. The van der Waals surface area contributed by atoms with Gasteiger partial charge in [-0.3, -0.25) is 4.72 Å². The molecule has 2 N–H and O–H groups in total. The molecule has 0 aliphatic heterocycles. The highest BCUT2D eigenvalue weighted by atomic mass is 32.2. The quantitative estimate of drug-likeness (QED) is 0.653. The molecule has 3 rings (SSSR count). The zero-order valence-electron chi connectivity index (χ0n) is 16.1. The zero-order chi connectivity index (χ0) is 20.3. The second-order valence-corrected chi connectivity index (χ2v) is 8.08. The summed E-state index contributed by atoms with van der Waals surface area (Å²) >= 11 is 0. The summed E-state index contributed by atoms with van der Waals surface area (Å²) in [5.41, 5.74) is 3.70. The van der Waals surface area contributed by atoms with Crippen molar-refractivity contribution in [1.29, 1.82) is 0 Å².